The first-order chi connectivity index (χ1) is 14.9. The maximum absolute atomic E-state index is 13.2. The summed E-state index contributed by atoms with van der Waals surface area (Å²) in [7, 11) is 1.53. The summed E-state index contributed by atoms with van der Waals surface area (Å²) >= 11 is 6.44. The Labute approximate surface area is 183 Å². The zero-order chi connectivity index (χ0) is 22.1. The second-order valence-electron chi connectivity index (χ2n) is 7.13. The molecule has 2 aromatic carbocycles. The first-order valence-corrected chi connectivity index (χ1v) is 10.1. The molecule has 0 bridgehead atoms. The molecule has 1 aliphatic rings. The van der Waals surface area contributed by atoms with Crippen LogP contribution >= 0.6 is 11.6 Å². The summed E-state index contributed by atoms with van der Waals surface area (Å²) in [6, 6.07) is 10.7. The smallest absolute Gasteiger partial charge is 0.260 e. The average Bonchev–Trinajstić information content (AvgIpc) is 3.30. The molecule has 0 radical (unpaired) electrons. The normalized spacial score (nSPS) is 13.5. The lowest BCUT2D eigenvalue weighted by molar-refractivity contribution is -0.117. The first-order valence-electron chi connectivity index (χ1n) is 9.70. The maximum Gasteiger partial charge on any atom is 0.260 e. The van der Waals surface area contributed by atoms with Crippen LogP contribution in [-0.4, -0.2) is 35.2 Å². The van der Waals surface area contributed by atoms with E-state index in [0.29, 0.717) is 41.5 Å². The van der Waals surface area contributed by atoms with E-state index in [1.165, 1.54) is 36.1 Å². The summed E-state index contributed by atoms with van der Waals surface area (Å²) in [6.45, 7) is 2.27. The Kier molecular flexibility index (Phi) is 5.65. The lowest BCUT2D eigenvalue weighted by Crippen LogP contribution is -2.24. The van der Waals surface area contributed by atoms with Crippen LogP contribution in [0.4, 0.5) is 15.8 Å². The predicted octanol–water partition coefficient (Wildman–Crippen LogP) is 4.36. The van der Waals surface area contributed by atoms with Gasteiger partial charge < -0.3 is 15.0 Å². The van der Waals surface area contributed by atoms with Crippen molar-refractivity contribution in [2.75, 3.05) is 23.9 Å². The van der Waals surface area contributed by atoms with Crippen molar-refractivity contribution in [2.45, 2.75) is 19.8 Å². The van der Waals surface area contributed by atoms with Gasteiger partial charge in [-0.15, -0.1) is 0 Å². The number of halogens is 2. The Hall–Kier alpha value is -3.39. The standard InChI is InChI=1S/C22H20ClFN4O3/c1-13-20(21(23)28(26-13)16-8-5-14(24)6-9-16)22(30)25-15-7-10-18(31-2)17(12-15)27-11-3-4-19(27)29/h5-10,12H,3-4,11H2,1-2H3,(H,25,30). The number of methoxy groups -OCH3 is 1. The molecule has 2 amide bonds. The number of nitrogens with one attached hydrogen (secondary N) is 1. The Balaban J connectivity index is 1.63. The van der Waals surface area contributed by atoms with Crippen molar-refractivity contribution < 1.29 is 18.7 Å². The number of carbonyl (C=O) groups excluding carboxylic acids is 2. The fourth-order valence-corrected chi connectivity index (χ4v) is 3.94. The minimum Gasteiger partial charge on any atom is -0.495 e. The average molecular weight is 443 g/mol. The molecule has 0 saturated carbocycles. The van der Waals surface area contributed by atoms with Gasteiger partial charge in [-0.05, 0) is 55.8 Å². The van der Waals surface area contributed by atoms with Crippen molar-refractivity contribution in [3.8, 4) is 11.4 Å². The van der Waals surface area contributed by atoms with Gasteiger partial charge in [-0.25, -0.2) is 9.07 Å². The van der Waals surface area contributed by atoms with Crippen LogP contribution in [0.25, 0.3) is 5.69 Å². The van der Waals surface area contributed by atoms with E-state index in [-0.39, 0.29) is 22.4 Å². The monoisotopic (exact) mass is 442 g/mol. The zero-order valence-electron chi connectivity index (χ0n) is 17.0. The molecular weight excluding hydrogens is 423 g/mol. The third-order valence-corrected chi connectivity index (χ3v) is 5.45. The fraction of sp³-hybridized carbons (Fsp3) is 0.227. The third kappa shape index (κ3) is 3.98. The van der Waals surface area contributed by atoms with Gasteiger partial charge in [-0.1, -0.05) is 11.6 Å². The Morgan fingerprint density at radius 3 is 2.61 bits per heavy atom. The second kappa shape index (κ2) is 8.39. The molecule has 7 nitrogen and oxygen atoms in total. The molecule has 160 valence electrons. The topological polar surface area (TPSA) is 76.5 Å². The highest BCUT2D eigenvalue weighted by atomic mass is 35.5. The zero-order valence-corrected chi connectivity index (χ0v) is 17.7. The molecule has 1 saturated heterocycles. The molecule has 9 heteroatoms. The molecule has 2 heterocycles. The van der Waals surface area contributed by atoms with E-state index in [2.05, 4.69) is 10.4 Å². The molecule has 31 heavy (non-hydrogen) atoms. The largest absolute Gasteiger partial charge is 0.495 e. The number of ether oxygens (including phenoxy) is 1. The molecule has 1 N–H and O–H groups in total. The van der Waals surface area contributed by atoms with E-state index >= 15 is 0 Å². The van der Waals surface area contributed by atoms with Crippen molar-refractivity contribution in [2.24, 2.45) is 0 Å². The third-order valence-electron chi connectivity index (χ3n) is 5.10. The van der Waals surface area contributed by atoms with Gasteiger partial charge in [-0.2, -0.15) is 5.10 Å². The van der Waals surface area contributed by atoms with E-state index in [4.69, 9.17) is 16.3 Å². The van der Waals surface area contributed by atoms with Crippen LogP contribution in [0, 0.1) is 12.7 Å². The van der Waals surface area contributed by atoms with Crippen LogP contribution in [0.15, 0.2) is 42.5 Å². The van der Waals surface area contributed by atoms with E-state index in [1.54, 1.807) is 30.0 Å². The minimum absolute atomic E-state index is 0.0150. The van der Waals surface area contributed by atoms with Gasteiger partial charge in [0.1, 0.15) is 22.3 Å². The van der Waals surface area contributed by atoms with Crippen LogP contribution in [0.5, 0.6) is 5.75 Å². The van der Waals surface area contributed by atoms with E-state index in [1.807, 2.05) is 0 Å². The van der Waals surface area contributed by atoms with Gasteiger partial charge >= 0.3 is 0 Å². The highest BCUT2D eigenvalue weighted by Gasteiger charge is 2.26. The summed E-state index contributed by atoms with van der Waals surface area (Å²) in [5.41, 5.74) is 2.27. The summed E-state index contributed by atoms with van der Waals surface area (Å²) in [5.74, 6) is -0.263. The number of amides is 2. The number of benzene rings is 2. The van der Waals surface area contributed by atoms with Gasteiger partial charge in [0.15, 0.2) is 0 Å². The van der Waals surface area contributed by atoms with Crippen LogP contribution in [0.1, 0.15) is 28.9 Å². The van der Waals surface area contributed by atoms with Crippen LogP contribution in [0.2, 0.25) is 5.15 Å². The van der Waals surface area contributed by atoms with Crippen LogP contribution in [0.3, 0.4) is 0 Å². The molecule has 1 aliphatic heterocycles. The van der Waals surface area contributed by atoms with Crippen molar-refractivity contribution in [1.29, 1.82) is 0 Å². The summed E-state index contributed by atoms with van der Waals surface area (Å²) in [4.78, 5) is 26.8. The molecule has 1 fully saturated rings. The van der Waals surface area contributed by atoms with Gasteiger partial charge in [0.25, 0.3) is 5.91 Å². The Morgan fingerprint density at radius 1 is 1.23 bits per heavy atom. The Morgan fingerprint density at radius 2 is 1.97 bits per heavy atom. The first kappa shape index (κ1) is 20.9. The second-order valence-corrected chi connectivity index (χ2v) is 7.49. The lowest BCUT2D eigenvalue weighted by Gasteiger charge is -2.20. The van der Waals surface area contributed by atoms with Crippen molar-refractivity contribution in [3.63, 3.8) is 0 Å². The molecule has 0 spiro atoms. The van der Waals surface area contributed by atoms with Crippen molar-refractivity contribution in [3.05, 3.63) is 64.7 Å². The quantitative estimate of drug-likeness (QED) is 0.637. The van der Waals surface area contributed by atoms with Gasteiger partial charge in [0, 0.05) is 18.7 Å². The molecule has 4 rings (SSSR count). The maximum atomic E-state index is 13.2. The molecule has 1 aromatic heterocycles. The SMILES string of the molecule is COc1ccc(NC(=O)c2c(C)nn(-c3ccc(F)cc3)c2Cl)cc1N1CCCC1=O. The number of hydrogen-bond donors (Lipinski definition) is 1. The number of carbonyl (C=O) groups is 2. The van der Waals surface area contributed by atoms with Crippen LogP contribution < -0.4 is 15.0 Å². The van der Waals surface area contributed by atoms with E-state index in [9.17, 15) is 14.0 Å². The van der Waals surface area contributed by atoms with E-state index in [0.717, 1.165) is 6.42 Å². The summed E-state index contributed by atoms with van der Waals surface area (Å²) in [5, 5.41) is 7.25. The van der Waals surface area contributed by atoms with Crippen molar-refractivity contribution in [1.82, 2.24) is 9.78 Å². The number of rotatable bonds is 5. The number of hydrogen-bond acceptors (Lipinski definition) is 4. The fourth-order valence-electron chi connectivity index (χ4n) is 3.59. The number of aryl methyl sites for hydroxylation is 1. The minimum atomic E-state index is -0.445. The molecule has 3 aromatic rings. The predicted molar refractivity (Wildman–Crippen MR) is 116 cm³/mol. The lowest BCUT2D eigenvalue weighted by atomic mass is 10.2. The van der Waals surface area contributed by atoms with Gasteiger partial charge in [-0.3, -0.25) is 9.59 Å². The molecule has 0 atom stereocenters. The summed E-state index contributed by atoms with van der Waals surface area (Å²) < 4.78 is 20.0. The number of aromatic nitrogens is 2. The van der Waals surface area contributed by atoms with Gasteiger partial charge in [0.05, 0.1) is 24.2 Å². The highest BCUT2D eigenvalue weighted by molar-refractivity contribution is 6.34. The Bertz CT molecular complexity index is 1160. The van der Waals surface area contributed by atoms with E-state index < -0.39 is 5.91 Å². The summed E-state index contributed by atoms with van der Waals surface area (Å²) in [6.07, 6.45) is 1.26. The molecular formula is C22H20ClFN4O3. The van der Waals surface area contributed by atoms with Gasteiger partial charge in [0.2, 0.25) is 5.91 Å². The van der Waals surface area contributed by atoms with Crippen LogP contribution in [-0.2, 0) is 4.79 Å². The number of nitrogens with zero attached hydrogens (tertiary/aromatic N) is 3. The molecule has 0 unspecified atom stereocenters. The highest BCUT2D eigenvalue weighted by Crippen LogP contribution is 2.34. The molecule has 0 aliphatic carbocycles. The van der Waals surface area contributed by atoms with Crippen molar-refractivity contribution >= 4 is 34.8 Å². The number of anilines is 2.